The third kappa shape index (κ3) is 1.44. The van der Waals surface area contributed by atoms with Crippen molar-refractivity contribution in [3.8, 4) is 0 Å². The van der Waals surface area contributed by atoms with Crippen LogP contribution in [0.15, 0.2) is 24.3 Å². The summed E-state index contributed by atoms with van der Waals surface area (Å²) in [4.78, 5) is 24.8. The van der Waals surface area contributed by atoms with E-state index in [2.05, 4.69) is 0 Å². The molecule has 0 spiro atoms. The van der Waals surface area contributed by atoms with Crippen molar-refractivity contribution in [2.24, 2.45) is 5.92 Å². The number of para-hydroxylation sites is 1. The van der Waals surface area contributed by atoms with E-state index >= 15 is 0 Å². The summed E-state index contributed by atoms with van der Waals surface area (Å²) in [5.74, 6) is -1.46. The van der Waals surface area contributed by atoms with Gasteiger partial charge in [-0.25, -0.2) is 0 Å². The van der Waals surface area contributed by atoms with Gasteiger partial charge in [0.15, 0.2) is 0 Å². The van der Waals surface area contributed by atoms with Crippen molar-refractivity contribution in [3.63, 3.8) is 0 Å². The molecular weight excluding hydrogens is 218 g/mol. The fourth-order valence-corrected chi connectivity index (χ4v) is 2.94. The van der Waals surface area contributed by atoms with E-state index in [0.29, 0.717) is 0 Å². The third-order valence-corrected chi connectivity index (χ3v) is 3.74. The van der Waals surface area contributed by atoms with E-state index in [1.807, 2.05) is 24.3 Å². The normalized spacial score (nSPS) is 26.6. The average molecular weight is 231 g/mol. The van der Waals surface area contributed by atoms with E-state index in [1.54, 1.807) is 4.90 Å². The molecule has 0 bridgehead atoms. The van der Waals surface area contributed by atoms with Crippen molar-refractivity contribution < 1.29 is 14.7 Å². The molecule has 1 aromatic rings. The fraction of sp³-hybridized carbons (Fsp3) is 0.385. The van der Waals surface area contributed by atoms with Gasteiger partial charge in [-0.15, -0.1) is 0 Å². The van der Waals surface area contributed by atoms with Gasteiger partial charge in [-0.2, -0.15) is 0 Å². The standard InChI is InChI=1S/C13H13NO3/c15-12-7-9(13(16)17)11-6-5-8-3-1-2-4-10(8)14(11)12/h1-4,9,11H,5-7H2,(H,16,17). The second-order valence-corrected chi connectivity index (χ2v) is 4.65. The highest BCUT2D eigenvalue weighted by molar-refractivity contribution is 6.01. The Morgan fingerprint density at radius 1 is 1.35 bits per heavy atom. The van der Waals surface area contributed by atoms with Gasteiger partial charge in [-0.05, 0) is 24.5 Å². The molecule has 4 nitrogen and oxygen atoms in total. The first kappa shape index (κ1) is 10.3. The Labute approximate surface area is 98.9 Å². The Morgan fingerprint density at radius 3 is 2.88 bits per heavy atom. The van der Waals surface area contributed by atoms with E-state index in [0.717, 1.165) is 24.1 Å². The number of amides is 1. The molecule has 2 atom stereocenters. The number of carboxylic acids is 1. The van der Waals surface area contributed by atoms with Gasteiger partial charge in [0.1, 0.15) is 0 Å². The second kappa shape index (κ2) is 3.58. The first-order chi connectivity index (χ1) is 8.18. The van der Waals surface area contributed by atoms with Crippen LogP contribution in [0.1, 0.15) is 18.4 Å². The molecule has 0 radical (unpaired) electrons. The lowest BCUT2D eigenvalue weighted by molar-refractivity contribution is -0.142. The summed E-state index contributed by atoms with van der Waals surface area (Å²) in [7, 11) is 0. The molecule has 88 valence electrons. The van der Waals surface area contributed by atoms with E-state index in [4.69, 9.17) is 5.11 Å². The monoisotopic (exact) mass is 231 g/mol. The first-order valence-electron chi connectivity index (χ1n) is 5.81. The number of nitrogens with zero attached hydrogens (tertiary/aromatic N) is 1. The minimum absolute atomic E-state index is 0.0606. The number of anilines is 1. The number of hydrogen-bond donors (Lipinski definition) is 1. The summed E-state index contributed by atoms with van der Waals surface area (Å²) in [5, 5.41) is 9.14. The van der Waals surface area contributed by atoms with Crippen molar-refractivity contribution in [1.29, 1.82) is 0 Å². The molecule has 1 saturated heterocycles. The van der Waals surface area contributed by atoms with Crippen LogP contribution in [0, 0.1) is 5.92 Å². The molecule has 1 amide bonds. The minimum atomic E-state index is -0.856. The van der Waals surface area contributed by atoms with Crippen LogP contribution >= 0.6 is 0 Å². The molecule has 4 heteroatoms. The Kier molecular flexibility index (Phi) is 2.18. The first-order valence-corrected chi connectivity index (χ1v) is 5.81. The lowest BCUT2D eigenvalue weighted by atomic mass is 9.90. The van der Waals surface area contributed by atoms with Gasteiger partial charge in [0.25, 0.3) is 0 Å². The molecule has 3 rings (SSSR count). The van der Waals surface area contributed by atoms with Gasteiger partial charge >= 0.3 is 5.97 Å². The number of carbonyl (C=O) groups excluding carboxylic acids is 1. The smallest absolute Gasteiger partial charge is 0.309 e. The van der Waals surface area contributed by atoms with Crippen molar-refractivity contribution >= 4 is 17.6 Å². The van der Waals surface area contributed by atoms with Crippen molar-refractivity contribution in [2.45, 2.75) is 25.3 Å². The molecule has 0 aliphatic carbocycles. The van der Waals surface area contributed by atoms with Crippen LogP contribution in [0.5, 0.6) is 0 Å². The number of carboxylic acid groups (broad SMARTS) is 1. The van der Waals surface area contributed by atoms with Crippen LogP contribution in [0.3, 0.4) is 0 Å². The number of aryl methyl sites for hydroxylation is 1. The second-order valence-electron chi connectivity index (χ2n) is 4.65. The molecular formula is C13H13NO3. The number of aliphatic carboxylic acids is 1. The van der Waals surface area contributed by atoms with E-state index in [-0.39, 0.29) is 18.4 Å². The van der Waals surface area contributed by atoms with Gasteiger partial charge < -0.3 is 10.0 Å². The Morgan fingerprint density at radius 2 is 2.12 bits per heavy atom. The maximum Gasteiger partial charge on any atom is 0.309 e. The highest BCUT2D eigenvalue weighted by Gasteiger charge is 2.46. The molecule has 2 heterocycles. The lowest BCUT2D eigenvalue weighted by Crippen LogP contribution is -2.40. The average Bonchev–Trinajstić information content (AvgIpc) is 2.67. The quantitative estimate of drug-likeness (QED) is 0.795. The van der Waals surface area contributed by atoms with E-state index in [9.17, 15) is 9.59 Å². The Hall–Kier alpha value is -1.84. The number of fused-ring (bicyclic) bond motifs is 3. The minimum Gasteiger partial charge on any atom is -0.481 e. The maximum atomic E-state index is 11.9. The van der Waals surface area contributed by atoms with E-state index < -0.39 is 11.9 Å². The highest BCUT2D eigenvalue weighted by Crippen LogP contribution is 2.39. The SMILES string of the molecule is O=C(O)C1CC(=O)N2c3ccccc3CCC12. The Bertz CT molecular complexity index is 497. The Balaban J connectivity index is 2.04. The number of carbonyl (C=O) groups is 2. The fourth-order valence-electron chi connectivity index (χ4n) is 2.94. The van der Waals surface area contributed by atoms with Crippen molar-refractivity contribution in [3.05, 3.63) is 29.8 Å². The van der Waals surface area contributed by atoms with Crippen LogP contribution in [0.2, 0.25) is 0 Å². The maximum absolute atomic E-state index is 11.9. The molecule has 2 unspecified atom stereocenters. The number of benzene rings is 1. The molecule has 0 saturated carbocycles. The molecule has 2 aliphatic heterocycles. The summed E-state index contributed by atoms with van der Waals surface area (Å²) in [6.45, 7) is 0. The van der Waals surface area contributed by atoms with Crippen LogP contribution in [-0.4, -0.2) is 23.0 Å². The van der Waals surface area contributed by atoms with Crippen LogP contribution < -0.4 is 4.90 Å². The summed E-state index contributed by atoms with van der Waals surface area (Å²) in [5.41, 5.74) is 2.04. The van der Waals surface area contributed by atoms with Crippen LogP contribution in [-0.2, 0) is 16.0 Å². The number of hydrogen-bond acceptors (Lipinski definition) is 2. The summed E-state index contributed by atoms with van der Waals surface area (Å²) in [6, 6.07) is 7.60. The zero-order valence-corrected chi connectivity index (χ0v) is 9.30. The molecule has 1 aromatic carbocycles. The molecule has 17 heavy (non-hydrogen) atoms. The van der Waals surface area contributed by atoms with Gasteiger partial charge in [-0.3, -0.25) is 9.59 Å². The molecule has 1 fully saturated rings. The molecule has 2 aliphatic rings. The van der Waals surface area contributed by atoms with Crippen molar-refractivity contribution in [1.82, 2.24) is 0 Å². The van der Waals surface area contributed by atoms with Crippen LogP contribution in [0.4, 0.5) is 5.69 Å². The summed E-state index contributed by atoms with van der Waals surface area (Å²) < 4.78 is 0. The van der Waals surface area contributed by atoms with Gasteiger partial charge in [0, 0.05) is 12.1 Å². The van der Waals surface area contributed by atoms with E-state index in [1.165, 1.54) is 0 Å². The summed E-state index contributed by atoms with van der Waals surface area (Å²) in [6.07, 6.45) is 1.74. The third-order valence-electron chi connectivity index (χ3n) is 3.74. The molecule has 0 aromatic heterocycles. The van der Waals surface area contributed by atoms with Gasteiger partial charge in [0.05, 0.1) is 12.0 Å². The van der Waals surface area contributed by atoms with Crippen LogP contribution in [0.25, 0.3) is 0 Å². The topological polar surface area (TPSA) is 57.6 Å². The predicted molar refractivity (Wildman–Crippen MR) is 61.8 cm³/mol. The van der Waals surface area contributed by atoms with Crippen molar-refractivity contribution in [2.75, 3.05) is 4.90 Å². The predicted octanol–water partition coefficient (Wildman–Crippen LogP) is 1.44. The lowest BCUT2D eigenvalue weighted by Gasteiger charge is -2.33. The number of rotatable bonds is 1. The summed E-state index contributed by atoms with van der Waals surface area (Å²) >= 11 is 0. The zero-order valence-electron chi connectivity index (χ0n) is 9.30. The zero-order chi connectivity index (χ0) is 12.0. The largest absolute Gasteiger partial charge is 0.481 e. The van der Waals surface area contributed by atoms with Gasteiger partial charge in [0.2, 0.25) is 5.91 Å². The molecule has 1 N–H and O–H groups in total. The van der Waals surface area contributed by atoms with Gasteiger partial charge in [-0.1, -0.05) is 18.2 Å². The highest BCUT2D eigenvalue weighted by atomic mass is 16.4.